The number of carboxylic acid groups (broad SMARTS) is 1. The third-order valence-electron chi connectivity index (χ3n) is 4.44. The summed E-state index contributed by atoms with van der Waals surface area (Å²) in [6.45, 7) is 4.18. The van der Waals surface area contributed by atoms with Crippen LogP contribution in [0.4, 0.5) is 0 Å². The molecule has 0 fully saturated rings. The maximum atomic E-state index is 12.8. The molecule has 0 saturated carbocycles. The Labute approximate surface area is 148 Å². The number of hydrogen-bond acceptors (Lipinski definition) is 7. The minimum absolute atomic E-state index is 0.100. The third kappa shape index (κ3) is 3.02. The van der Waals surface area contributed by atoms with E-state index in [0.717, 1.165) is 18.9 Å². The van der Waals surface area contributed by atoms with Crippen molar-refractivity contribution in [3.05, 3.63) is 33.2 Å². The van der Waals surface area contributed by atoms with Crippen LogP contribution < -0.4 is 5.43 Å². The summed E-state index contributed by atoms with van der Waals surface area (Å²) in [4.78, 5) is 24.3. The van der Waals surface area contributed by atoms with E-state index >= 15 is 0 Å². The van der Waals surface area contributed by atoms with Gasteiger partial charge in [-0.15, -0.1) is 0 Å². The van der Waals surface area contributed by atoms with E-state index in [2.05, 4.69) is 0 Å². The van der Waals surface area contributed by atoms with Crippen LogP contribution in [0.5, 0.6) is 11.5 Å². The zero-order valence-electron chi connectivity index (χ0n) is 14.5. The predicted octanol–water partition coefficient (Wildman–Crippen LogP) is 2.51. The second kappa shape index (κ2) is 6.62. The minimum atomic E-state index is -1.54. The van der Waals surface area contributed by atoms with Gasteiger partial charge < -0.3 is 29.2 Å². The summed E-state index contributed by atoms with van der Waals surface area (Å²) in [6, 6.07) is 1.03. The highest BCUT2D eigenvalue weighted by molar-refractivity contribution is 6.06. The Kier molecular flexibility index (Phi) is 4.64. The first-order valence-corrected chi connectivity index (χ1v) is 8.32. The van der Waals surface area contributed by atoms with Crippen molar-refractivity contribution in [2.24, 2.45) is 0 Å². The molecule has 1 aliphatic heterocycles. The highest BCUT2D eigenvalue weighted by Crippen LogP contribution is 2.37. The topological polar surface area (TPSA) is 126 Å². The molecule has 3 rings (SSSR count). The molecule has 0 radical (unpaired) electrons. The number of rotatable bonds is 5. The van der Waals surface area contributed by atoms with Gasteiger partial charge in [0.1, 0.15) is 16.9 Å². The van der Waals surface area contributed by atoms with E-state index in [1.54, 1.807) is 6.92 Å². The van der Waals surface area contributed by atoms with E-state index in [-0.39, 0.29) is 29.6 Å². The van der Waals surface area contributed by atoms with Crippen LogP contribution in [0.2, 0.25) is 0 Å². The molecule has 26 heavy (non-hydrogen) atoms. The van der Waals surface area contributed by atoms with Crippen LogP contribution in [0.1, 0.15) is 48.4 Å². The zero-order valence-corrected chi connectivity index (χ0v) is 14.5. The SMILES string of the molecule is CCCCO[C@]1(C)Cc2oc3cc(O)c(O)c(C(=O)O)c3c(=O)c2CO1. The van der Waals surface area contributed by atoms with E-state index in [9.17, 15) is 24.9 Å². The molecule has 140 valence electrons. The molecule has 0 spiro atoms. The summed E-state index contributed by atoms with van der Waals surface area (Å²) >= 11 is 0. The van der Waals surface area contributed by atoms with Gasteiger partial charge >= 0.3 is 5.97 Å². The Balaban J connectivity index is 2.13. The van der Waals surface area contributed by atoms with E-state index in [1.807, 2.05) is 6.92 Å². The first kappa shape index (κ1) is 18.2. The molecule has 2 aromatic rings. The van der Waals surface area contributed by atoms with Crippen molar-refractivity contribution < 1.29 is 34.0 Å². The minimum Gasteiger partial charge on any atom is -0.504 e. The van der Waals surface area contributed by atoms with E-state index in [1.165, 1.54) is 0 Å². The average Bonchev–Trinajstić information content (AvgIpc) is 2.56. The summed E-state index contributed by atoms with van der Waals surface area (Å²) in [5, 5.41) is 28.6. The number of carboxylic acids is 1. The number of phenols is 2. The third-order valence-corrected chi connectivity index (χ3v) is 4.44. The molecule has 1 aromatic heterocycles. The van der Waals surface area contributed by atoms with Crippen LogP contribution in [-0.4, -0.2) is 33.7 Å². The summed E-state index contributed by atoms with van der Waals surface area (Å²) in [7, 11) is 0. The zero-order chi connectivity index (χ0) is 19.1. The molecule has 8 nitrogen and oxygen atoms in total. The van der Waals surface area contributed by atoms with Crippen molar-refractivity contribution in [1.29, 1.82) is 0 Å². The molecule has 8 heteroatoms. The van der Waals surface area contributed by atoms with Gasteiger partial charge in [0.2, 0.25) is 0 Å². The van der Waals surface area contributed by atoms with Crippen LogP contribution in [0.15, 0.2) is 15.3 Å². The number of benzene rings is 1. The lowest BCUT2D eigenvalue weighted by molar-refractivity contribution is -0.240. The summed E-state index contributed by atoms with van der Waals surface area (Å²) in [5.41, 5.74) is -1.23. The monoisotopic (exact) mass is 364 g/mol. The van der Waals surface area contributed by atoms with Crippen molar-refractivity contribution in [2.45, 2.75) is 45.5 Å². The quantitative estimate of drug-likeness (QED) is 0.546. The molecular weight excluding hydrogens is 344 g/mol. The fourth-order valence-corrected chi connectivity index (χ4v) is 3.00. The van der Waals surface area contributed by atoms with Crippen molar-refractivity contribution in [3.63, 3.8) is 0 Å². The molecule has 0 saturated heterocycles. The maximum absolute atomic E-state index is 12.8. The second-order valence-corrected chi connectivity index (χ2v) is 6.43. The van der Waals surface area contributed by atoms with Crippen molar-refractivity contribution >= 4 is 16.9 Å². The predicted molar refractivity (Wildman–Crippen MR) is 90.5 cm³/mol. The normalized spacial score (nSPS) is 19.5. The Hall–Kier alpha value is -2.58. The van der Waals surface area contributed by atoms with Gasteiger partial charge in [-0.05, 0) is 13.3 Å². The van der Waals surface area contributed by atoms with Gasteiger partial charge in [0.15, 0.2) is 22.7 Å². The summed E-state index contributed by atoms with van der Waals surface area (Å²) in [5.74, 6) is -3.73. The first-order valence-electron chi connectivity index (χ1n) is 8.32. The number of phenolic OH excluding ortho intramolecular Hbond substituents is 1. The van der Waals surface area contributed by atoms with Crippen LogP contribution >= 0.6 is 0 Å². The van der Waals surface area contributed by atoms with Crippen LogP contribution in [0.3, 0.4) is 0 Å². The van der Waals surface area contributed by atoms with Crippen LogP contribution in [0.25, 0.3) is 11.0 Å². The lowest BCUT2D eigenvalue weighted by atomic mass is 9.99. The second-order valence-electron chi connectivity index (χ2n) is 6.43. The number of hydrogen-bond donors (Lipinski definition) is 3. The Morgan fingerprint density at radius 2 is 2.12 bits per heavy atom. The average molecular weight is 364 g/mol. The van der Waals surface area contributed by atoms with Gasteiger partial charge in [-0.2, -0.15) is 0 Å². The molecule has 0 amide bonds. The molecule has 0 aliphatic carbocycles. The number of unbranched alkanes of at least 4 members (excludes halogenated alkanes) is 1. The molecule has 1 aliphatic rings. The molecule has 0 unspecified atom stereocenters. The summed E-state index contributed by atoms with van der Waals surface area (Å²) < 4.78 is 17.1. The Morgan fingerprint density at radius 1 is 1.38 bits per heavy atom. The Morgan fingerprint density at radius 3 is 2.77 bits per heavy atom. The largest absolute Gasteiger partial charge is 0.504 e. The number of ether oxygens (including phenoxy) is 2. The Bertz CT molecular complexity index is 929. The highest BCUT2D eigenvalue weighted by atomic mass is 16.7. The standard InChI is InChI=1S/C18H20O8/c1-3-4-5-24-18(2)7-12-9(8-25-18)15(20)13-11(26-12)6-10(19)16(21)14(13)17(22)23/h6,19,21H,3-5,7-8H2,1-2H3,(H,22,23)/t18-/m0/s1. The van der Waals surface area contributed by atoms with Gasteiger partial charge in [0.25, 0.3) is 0 Å². The smallest absolute Gasteiger partial charge is 0.340 e. The van der Waals surface area contributed by atoms with Crippen LogP contribution in [-0.2, 0) is 22.5 Å². The fraction of sp³-hybridized carbons (Fsp3) is 0.444. The van der Waals surface area contributed by atoms with Gasteiger partial charge in [-0.25, -0.2) is 4.79 Å². The highest BCUT2D eigenvalue weighted by Gasteiger charge is 2.36. The fourth-order valence-electron chi connectivity index (χ4n) is 3.00. The van der Waals surface area contributed by atoms with Gasteiger partial charge in [-0.3, -0.25) is 4.79 Å². The maximum Gasteiger partial charge on any atom is 0.340 e. The number of aromatic carboxylic acids is 1. The van der Waals surface area contributed by atoms with Gasteiger partial charge in [-0.1, -0.05) is 13.3 Å². The lowest BCUT2D eigenvalue weighted by Gasteiger charge is -2.33. The first-order chi connectivity index (χ1) is 12.3. The molecule has 1 aromatic carbocycles. The molecule has 0 bridgehead atoms. The molecule has 2 heterocycles. The van der Waals surface area contributed by atoms with Crippen molar-refractivity contribution in [2.75, 3.05) is 6.61 Å². The van der Waals surface area contributed by atoms with E-state index in [4.69, 9.17) is 13.9 Å². The summed E-state index contributed by atoms with van der Waals surface area (Å²) in [6.07, 6.45) is 2.00. The number of aromatic hydroxyl groups is 2. The van der Waals surface area contributed by atoms with E-state index < -0.39 is 34.2 Å². The molecular formula is C18H20O8. The van der Waals surface area contributed by atoms with Crippen LogP contribution in [0, 0.1) is 0 Å². The van der Waals surface area contributed by atoms with Crippen molar-refractivity contribution in [1.82, 2.24) is 0 Å². The number of fused-ring (bicyclic) bond motifs is 2. The van der Waals surface area contributed by atoms with Crippen molar-refractivity contribution in [3.8, 4) is 11.5 Å². The van der Waals surface area contributed by atoms with Gasteiger partial charge in [0, 0.05) is 6.07 Å². The van der Waals surface area contributed by atoms with Gasteiger partial charge in [0.05, 0.1) is 30.6 Å². The lowest BCUT2D eigenvalue weighted by Crippen LogP contribution is -2.40. The molecule has 1 atom stereocenters. The molecule has 3 N–H and O–H groups in total. The van der Waals surface area contributed by atoms with E-state index in [0.29, 0.717) is 12.4 Å². The number of carbonyl (C=O) groups is 1.